The topological polar surface area (TPSA) is 38.3 Å². The number of hydrogen-bond donors (Lipinski definition) is 1. The smallest absolute Gasteiger partial charge is 0.229 e. The Labute approximate surface area is 123 Å². The molecule has 1 aliphatic rings. The first-order chi connectivity index (χ1) is 8.89. The fourth-order valence-electron chi connectivity index (χ4n) is 1.94. The molecule has 1 fully saturated rings. The van der Waals surface area contributed by atoms with Crippen molar-refractivity contribution in [1.82, 2.24) is 5.32 Å². The Morgan fingerprint density at radius 2 is 2.16 bits per heavy atom. The number of benzene rings is 1. The summed E-state index contributed by atoms with van der Waals surface area (Å²) in [6.45, 7) is 4.77. The highest BCUT2D eigenvalue weighted by Gasteiger charge is 2.67. The number of carbonyl (C=O) groups is 1. The molecule has 3 nitrogen and oxygen atoms in total. The molecular weight excluding hydrogens is 285 g/mol. The standard InChI is InChI=1S/C14H17Cl2NO2/c1-3-19-11-6-4-5-10(7-11)8-17-12(18)13(2)9-14(13,15)16/h4-7H,3,8-9H2,1-2H3,(H,17,18)/t13-/m0/s1. The molecule has 1 N–H and O–H groups in total. The molecule has 0 heterocycles. The summed E-state index contributed by atoms with van der Waals surface area (Å²) in [4.78, 5) is 12.0. The Morgan fingerprint density at radius 1 is 1.47 bits per heavy atom. The third-order valence-electron chi connectivity index (χ3n) is 3.42. The molecule has 0 bridgehead atoms. The maximum atomic E-state index is 12.0. The van der Waals surface area contributed by atoms with Crippen LogP contribution in [0.2, 0.25) is 0 Å². The van der Waals surface area contributed by atoms with Crippen molar-refractivity contribution in [3.05, 3.63) is 29.8 Å². The Bertz CT molecular complexity index is 490. The van der Waals surface area contributed by atoms with E-state index >= 15 is 0 Å². The molecule has 1 aromatic carbocycles. The predicted molar refractivity (Wildman–Crippen MR) is 76.6 cm³/mol. The summed E-state index contributed by atoms with van der Waals surface area (Å²) in [5.74, 6) is 0.690. The van der Waals surface area contributed by atoms with Crippen molar-refractivity contribution >= 4 is 29.1 Å². The quantitative estimate of drug-likeness (QED) is 0.848. The number of rotatable bonds is 5. The van der Waals surface area contributed by atoms with Gasteiger partial charge in [0, 0.05) is 6.54 Å². The van der Waals surface area contributed by atoms with E-state index in [1.54, 1.807) is 6.92 Å². The minimum Gasteiger partial charge on any atom is -0.494 e. The van der Waals surface area contributed by atoms with Gasteiger partial charge in [0.2, 0.25) is 5.91 Å². The van der Waals surface area contributed by atoms with E-state index in [0.717, 1.165) is 11.3 Å². The molecule has 1 saturated carbocycles. The van der Waals surface area contributed by atoms with Gasteiger partial charge in [-0.1, -0.05) is 12.1 Å². The Hall–Kier alpha value is -0.930. The minimum absolute atomic E-state index is 0.112. The summed E-state index contributed by atoms with van der Waals surface area (Å²) in [7, 11) is 0. The SMILES string of the molecule is CCOc1cccc(CNC(=O)[C@]2(C)CC2(Cl)Cl)c1. The molecule has 0 aromatic heterocycles. The van der Waals surface area contributed by atoms with Crippen molar-refractivity contribution in [2.24, 2.45) is 5.41 Å². The zero-order valence-electron chi connectivity index (χ0n) is 11.0. The summed E-state index contributed by atoms with van der Waals surface area (Å²) < 4.78 is 4.48. The van der Waals surface area contributed by atoms with Crippen molar-refractivity contribution in [2.75, 3.05) is 6.61 Å². The molecule has 19 heavy (non-hydrogen) atoms. The number of halogens is 2. The number of ether oxygens (including phenoxy) is 1. The second-order valence-corrected chi connectivity index (χ2v) is 6.46. The highest BCUT2D eigenvalue weighted by atomic mass is 35.5. The van der Waals surface area contributed by atoms with Gasteiger partial charge in [0.05, 0.1) is 12.0 Å². The van der Waals surface area contributed by atoms with E-state index in [9.17, 15) is 4.79 Å². The zero-order valence-corrected chi connectivity index (χ0v) is 12.5. The number of amides is 1. The van der Waals surface area contributed by atoms with Crippen LogP contribution in [0.25, 0.3) is 0 Å². The van der Waals surface area contributed by atoms with Gasteiger partial charge in [0.15, 0.2) is 0 Å². The van der Waals surface area contributed by atoms with Crippen LogP contribution < -0.4 is 10.1 Å². The molecule has 1 atom stereocenters. The van der Waals surface area contributed by atoms with Crippen LogP contribution in [0.3, 0.4) is 0 Å². The van der Waals surface area contributed by atoms with E-state index in [4.69, 9.17) is 27.9 Å². The lowest BCUT2D eigenvalue weighted by Crippen LogP contribution is -2.32. The maximum Gasteiger partial charge on any atom is 0.229 e. The monoisotopic (exact) mass is 301 g/mol. The van der Waals surface area contributed by atoms with E-state index in [1.165, 1.54) is 0 Å². The van der Waals surface area contributed by atoms with Crippen LogP contribution in [-0.4, -0.2) is 16.8 Å². The molecule has 2 rings (SSSR count). The van der Waals surface area contributed by atoms with Crippen molar-refractivity contribution in [1.29, 1.82) is 0 Å². The van der Waals surface area contributed by atoms with Gasteiger partial charge in [-0.3, -0.25) is 4.79 Å². The molecule has 1 aromatic rings. The van der Waals surface area contributed by atoms with Crippen LogP contribution in [0, 0.1) is 5.41 Å². The van der Waals surface area contributed by atoms with Crippen molar-refractivity contribution in [3.63, 3.8) is 0 Å². The first kappa shape index (κ1) is 14.5. The van der Waals surface area contributed by atoms with E-state index in [1.807, 2.05) is 31.2 Å². The second kappa shape index (κ2) is 5.22. The van der Waals surface area contributed by atoms with E-state index in [-0.39, 0.29) is 5.91 Å². The number of hydrogen-bond acceptors (Lipinski definition) is 2. The summed E-state index contributed by atoms with van der Waals surface area (Å²) >= 11 is 12.0. The van der Waals surface area contributed by atoms with Crippen molar-refractivity contribution in [3.8, 4) is 5.75 Å². The molecule has 0 spiro atoms. The third-order valence-corrected chi connectivity index (χ3v) is 4.52. The Morgan fingerprint density at radius 3 is 2.74 bits per heavy atom. The van der Waals surface area contributed by atoms with Crippen molar-refractivity contribution in [2.45, 2.75) is 31.1 Å². The highest BCUT2D eigenvalue weighted by molar-refractivity contribution is 6.53. The van der Waals surface area contributed by atoms with Gasteiger partial charge in [-0.15, -0.1) is 23.2 Å². The normalized spacial score (nSPS) is 23.8. The summed E-state index contributed by atoms with van der Waals surface area (Å²) in [5, 5.41) is 2.86. The van der Waals surface area contributed by atoms with Crippen LogP contribution in [0.1, 0.15) is 25.8 Å². The molecule has 0 radical (unpaired) electrons. The van der Waals surface area contributed by atoms with Gasteiger partial charge in [-0.05, 0) is 38.0 Å². The van der Waals surface area contributed by atoms with Crippen LogP contribution in [-0.2, 0) is 11.3 Å². The molecule has 104 valence electrons. The summed E-state index contributed by atoms with van der Waals surface area (Å²) in [6, 6.07) is 7.64. The third kappa shape index (κ3) is 2.98. The van der Waals surface area contributed by atoms with Crippen molar-refractivity contribution < 1.29 is 9.53 Å². The molecule has 0 unspecified atom stereocenters. The number of alkyl halides is 2. The largest absolute Gasteiger partial charge is 0.494 e. The average Bonchev–Trinajstić information content (AvgIpc) is 2.88. The number of carbonyl (C=O) groups excluding carboxylic acids is 1. The van der Waals surface area contributed by atoms with Gasteiger partial charge < -0.3 is 10.1 Å². The maximum absolute atomic E-state index is 12.0. The molecule has 1 aliphatic carbocycles. The molecule has 1 amide bonds. The van der Waals surface area contributed by atoms with E-state index in [0.29, 0.717) is 19.6 Å². The molecule has 0 saturated heterocycles. The lowest BCUT2D eigenvalue weighted by atomic mass is 10.1. The first-order valence-corrected chi connectivity index (χ1v) is 7.02. The predicted octanol–water partition coefficient (Wildman–Crippen LogP) is 3.29. The number of nitrogens with one attached hydrogen (secondary N) is 1. The van der Waals surface area contributed by atoms with Crippen LogP contribution in [0.15, 0.2) is 24.3 Å². The molecule has 5 heteroatoms. The zero-order chi connectivity index (χ0) is 14.1. The summed E-state index contributed by atoms with van der Waals surface area (Å²) in [5.41, 5.74) is 0.312. The lowest BCUT2D eigenvalue weighted by molar-refractivity contribution is -0.125. The fraction of sp³-hybridized carbons (Fsp3) is 0.500. The van der Waals surface area contributed by atoms with E-state index < -0.39 is 9.75 Å². The first-order valence-electron chi connectivity index (χ1n) is 6.27. The van der Waals surface area contributed by atoms with E-state index in [2.05, 4.69) is 5.32 Å². The summed E-state index contributed by atoms with van der Waals surface area (Å²) in [6.07, 6.45) is 0.494. The molecule has 0 aliphatic heterocycles. The minimum atomic E-state index is -0.926. The van der Waals surface area contributed by atoms with Gasteiger partial charge in [-0.25, -0.2) is 0 Å². The van der Waals surface area contributed by atoms with Gasteiger partial charge in [0.25, 0.3) is 0 Å². The lowest BCUT2D eigenvalue weighted by Gasteiger charge is -2.13. The Balaban J connectivity index is 1.92. The van der Waals surface area contributed by atoms with Gasteiger partial charge in [0.1, 0.15) is 10.1 Å². The second-order valence-electron chi connectivity index (χ2n) is 4.98. The van der Waals surface area contributed by atoms with Gasteiger partial charge >= 0.3 is 0 Å². The van der Waals surface area contributed by atoms with Crippen LogP contribution in [0.5, 0.6) is 5.75 Å². The highest BCUT2D eigenvalue weighted by Crippen LogP contribution is 2.63. The van der Waals surface area contributed by atoms with Crippen LogP contribution >= 0.6 is 23.2 Å². The average molecular weight is 302 g/mol. The molecular formula is C14H17Cl2NO2. The van der Waals surface area contributed by atoms with Gasteiger partial charge in [-0.2, -0.15) is 0 Å². The Kier molecular flexibility index (Phi) is 3.98. The van der Waals surface area contributed by atoms with Crippen LogP contribution in [0.4, 0.5) is 0 Å². The fourth-order valence-corrected chi connectivity index (χ4v) is 2.64.